The third kappa shape index (κ3) is 1.72. The Bertz CT molecular complexity index is 257. The molecule has 0 aliphatic carbocycles. The van der Waals surface area contributed by atoms with Gasteiger partial charge >= 0.3 is 5.97 Å². The molecule has 0 bridgehead atoms. The van der Waals surface area contributed by atoms with E-state index >= 15 is 0 Å². The van der Waals surface area contributed by atoms with Gasteiger partial charge in [0.25, 0.3) is 0 Å². The quantitative estimate of drug-likeness (QED) is 0.619. The SMILES string of the molecule is O=C(O)C1CN(C(=O)CC2CNC2)C1. The Morgan fingerprint density at radius 2 is 2.00 bits per heavy atom. The lowest BCUT2D eigenvalue weighted by molar-refractivity contribution is -0.153. The van der Waals surface area contributed by atoms with Crippen molar-refractivity contribution in [1.29, 1.82) is 0 Å². The van der Waals surface area contributed by atoms with Crippen molar-refractivity contribution in [3.05, 3.63) is 0 Å². The molecule has 2 rings (SSSR count). The molecule has 14 heavy (non-hydrogen) atoms. The number of amides is 1. The van der Waals surface area contributed by atoms with Gasteiger partial charge in [-0.15, -0.1) is 0 Å². The average Bonchev–Trinajstić information content (AvgIpc) is 1.93. The lowest BCUT2D eigenvalue weighted by Crippen LogP contribution is -2.54. The van der Waals surface area contributed by atoms with Gasteiger partial charge in [-0.2, -0.15) is 0 Å². The summed E-state index contributed by atoms with van der Waals surface area (Å²) in [4.78, 5) is 23.6. The number of likely N-dealkylation sites (tertiary alicyclic amines) is 1. The van der Waals surface area contributed by atoms with E-state index < -0.39 is 5.97 Å². The van der Waals surface area contributed by atoms with Gasteiger partial charge in [0, 0.05) is 19.5 Å². The lowest BCUT2D eigenvalue weighted by atomic mass is 9.95. The van der Waals surface area contributed by atoms with E-state index in [2.05, 4.69) is 5.32 Å². The lowest BCUT2D eigenvalue weighted by Gasteiger charge is -2.38. The molecule has 1 amide bonds. The Kier molecular flexibility index (Phi) is 2.41. The van der Waals surface area contributed by atoms with Gasteiger partial charge in [-0.05, 0) is 19.0 Å². The van der Waals surface area contributed by atoms with Crippen LogP contribution in [0, 0.1) is 11.8 Å². The van der Waals surface area contributed by atoms with Gasteiger partial charge in [-0.1, -0.05) is 0 Å². The fraction of sp³-hybridized carbons (Fsp3) is 0.778. The zero-order valence-corrected chi connectivity index (χ0v) is 7.90. The zero-order chi connectivity index (χ0) is 10.1. The first-order valence-electron chi connectivity index (χ1n) is 4.88. The first kappa shape index (κ1) is 9.45. The summed E-state index contributed by atoms with van der Waals surface area (Å²) in [5.41, 5.74) is 0. The Morgan fingerprint density at radius 1 is 1.36 bits per heavy atom. The third-order valence-corrected chi connectivity index (χ3v) is 2.91. The second kappa shape index (κ2) is 3.57. The Hall–Kier alpha value is -1.10. The molecule has 2 aliphatic heterocycles. The van der Waals surface area contributed by atoms with Crippen LogP contribution in [0.1, 0.15) is 6.42 Å². The summed E-state index contributed by atoms with van der Waals surface area (Å²) < 4.78 is 0. The van der Waals surface area contributed by atoms with Gasteiger partial charge < -0.3 is 15.3 Å². The molecule has 2 N–H and O–H groups in total. The smallest absolute Gasteiger partial charge is 0.310 e. The maximum absolute atomic E-state index is 11.5. The molecule has 2 fully saturated rings. The minimum absolute atomic E-state index is 0.106. The van der Waals surface area contributed by atoms with Crippen LogP contribution in [-0.4, -0.2) is 48.1 Å². The molecule has 0 unspecified atom stereocenters. The van der Waals surface area contributed by atoms with Crippen molar-refractivity contribution in [2.75, 3.05) is 26.2 Å². The molecule has 78 valence electrons. The van der Waals surface area contributed by atoms with Crippen molar-refractivity contribution in [2.24, 2.45) is 11.8 Å². The Balaban J connectivity index is 1.70. The molecular formula is C9H14N2O3. The summed E-state index contributed by atoms with van der Waals surface area (Å²) in [6.07, 6.45) is 0.569. The van der Waals surface area contributed by atoms with Crippen molar-refractivity contribution < 1.29 is 14.7 Å². The highest BCUT2D eigenvalue weighted by molar-refractivity contribution is 5.81. The fourth-order valence-electron chi connectivity index (χ4n) is 1.71. The van der Waals surface area contributed by atoms with Crippen LogP contribution in [0.25, 0.3) is 0 Å². The normalized spacial score (nSPS) is 22.7. The predicted octanol–water partition coefficient (Wildman–Crippen LogP) is -0.861. The van der Waals surface area contributed by atoms with E-state index in [1.165, 1.54) is 0 Å². The molecule has 0 aromatic heterocycles. The molecule has 0 spiro atoms. The molecule has 0 radical (unpaired) electrons. The first-order valence-corrected chi connectivity index (χ1v) is 4.88. The largest absolute Gasteiger partial charge is 0.481 e. The number of hydrogen-bond donors (Lipinski definition) is 2. The standard InChI is InChI=1S/C9H14N2O3/c12-8(1-6-2-10-3-6)11-4-7(5-11)9(13)14/h6-7,10H,1-5H2,(H,13,14). The summed E-state index contributed by atoms with van der Waals surface area (Å²) in [5, 5.41) is 11.7. The maximum atomic E-state index is 11.5. The van der Waals surface area contributed by atoms with Gasteiger partial charge in [0.15, 0.2) is 0 Å². The number of carbonyl (C=O) groups is 2. The molecule has 0 aromatic carbocycles. The highest BCUT2D eigenvalue weighted by Gasteiger charge is 2.36. The van der Waals surface area contributed by atoms with Crippen LogP contribution in [0.15, 0.2) is 0 Å². The molecular weight excluding hydrogens is 184 g/mol. The summed E-state index contributed by atoms with van der Waals surface area (Å²) in [5.74, 6) is -0.557. The molecule has 2 aliphatic rings. The monoisotopic (exact) mass is 198 g/mol. The van der Waals surface area contributed by atoms with Gasteiger partial charge in [0.05, 0.1) is 5.92 Å². The van der Waals surface area contributed by atoms with Crippen LogP contribution >= 0.6 is 0 Å². The summed E-state index contributed by atoms with van der Waals surface area (Å²) >= 11 is 0. The van der Waals surface area contributed by atoms with E-state index in [0.29, 0.717) is 25.4 Å². The van der Waals surface area contributed by atoms with E-state index in [1.54, 1.807) is 4.90 Å². The number of aliphatic carboxylic acids is 1. The maximum Gasteiger partial charge on any atom is 0.310 e. The highest BCUT2D eigenvalue weighted by atomic mass is 16.4. The minimum atomic E-state index is -0.792. The number of carboxylic acids is 1. The average molecular weight is 198 g/mol. The number of rotatable bonds is 3. The molecule has 2 saturated heterocycles. The van der Waals surface area contributed by atoms with Crippen molar-refractivity contribution in [2.45, 2.75) is 6.42 Å². The van der Waals surface area contributed by atoms with Crippen molar-refractivity contribution in [3.8, 4) is 0 Å². The fourth-order valence-corrected chi connectivity index (χ4v) is 1.71. The van der Waals surface area contributed by atoms with Crippen LogP contribution in [0.3, 0.4) is 0 Å². The first-order chi connectivity index (χ1) is 6.66. The molecule has 2 heterocycles. The van der Waals surface area contributed by atoms with Crippen molar-refractivity contribution >= 4 is 11.9 Å². The second-order valence-corrected chi connectivity index (χ2v) is 4.06. The van der Waals surface area contributed by atoms with E-state index in [0.717, 1.165) is 13.1 Å². The topological polar surface area (TPSA) is 69.6 Å². The van der Waals surface area contributed by atoms with E-state index in [9.17, 15) is 9.59 Å². The van der Waals surface area contributed by atoms with Crippen molar-refractivity contribution in [3.63, 3.8) is 0 Å². The second-order valence-electron chi connectivity index (χ2n) is 4.06. The van der Waals surface area contributed by atoms with E-state index in [-0.39, 0.29) is 11.8 Å². The van der Waals surface area contributed by atoms with Gasteiger partial charge in [-0.3, -0.25) is 9.59 Å². The van der Waals surface area contributed by atoms with Gasteiger partial charge in [0.2, 0.25) is 5.91 Å². The van der Waals surface area contributed by atoms with Crippen LogP contribution in [-0.2, 0) is 9.59 Å². The molecule has 0 aromatic rings. The van der Waals surface area contributed by atoms with Gasteiger partial charge in [-0.25, -0.2) is 0 Å². The number of nitrogens with zero attached hydrogens (tertiary/aromatic N) is 1. The van der Waals surface area contributed by atoms with E-state index in [1.807, 2.05) is 0 Å². The number of carboxylic acid groups (broad SMARTS) is 1. The predicted molar refractivity (Wildman–Crippen MR) is 48.7 cm³/mol. The van der Waals surface area contributed by atoms with Crippen LogP contribution in [0.4, 0.5) is 0 Å². The number of hydrogen-bond acceptors (Lipinski definition) is 3. The highest BCUT2D eigenvalue weighted by Crippen LogP contribution is 2.19. The Labute approximate surface area is 82.1 Å². The van der Waals surface area contributed by atoms with Crippen molar-refractivity contribution in [1.82, 2.24) is 10.2 Å². The minimum Gasteiger partial charge on any atom is -0.481 e. The van der Waals surface area contributed by atoms with Crippen LogP contribution in [0.5, 0.6) is 0 Å². The van der Waals surface area contributed by atoms with E-state index in [4.69, 9.17) is 5.11 Å². The Morgan fingerprint density at radius 3 is 2.43 bits per heavy atom. The molecule has 0 saturated carbocycles. The molecule has 5 nitrogen and oxygen atoms in total. The summed E-state index contributed by atoms with van der Waals surface area (Å²) in [7, 11) is 0. The molecule has 0 atom stereocenters. The third-order valence-electron chi connectivity index (χ3n) is 2.91. The number of nitrogens with one attached hydrogen (secondary N) is 1. The summed E-state index contributed by atoms with van der Waals surface area (Å²) in [6, 6.07) is 0. The zero-order valence-electron chi connectivity index (χ0n) is 7.90. The molecule has 5 heteroatoms. The number of carbonyl (C=O) groups excluding carboxylic acids is 1. The van der Waals surface area contributed by atoms with Gasteiger partial charge in [0.1, 0.15) is 0 Å². The summed E-state index contributed by atoms with van der Waals surface area (Å²) in [6.45, 7) is 2.63. The van der Waals surface area contributed by atoms with Crippen LogP contribution in [0.2, 0.25) is 0 Å². The van der Waals surface area contributed by atoms with Crippen LogP contribution < -0.4 is 5.32 Å².